The quantitative estimate of drug-likeness (QED) is 0.548. The number of amides is 1. The predicted octanol–water partition coefficient (Wildman–Crippen LogP) is 1.79. The molecule has 28 heavy (non-hydrogen) atoms. The van der Waals surface area contributed by atoms with Crippen LogP contribution in [0.2, 0.25) is 0 Å². The first-order valence-corrected chi connectivity index (χ1v) is 8.81. The standard InChI is InChI=1S/C19H17N5O4/c25-18-15-3-1-2-4-16(15)20-17(21-18)19(26)23-11-9-22(10-12-23)13-5-7-14(8-6-13)24(27)28/h1-8H,9-12H2,(H,20,21,25). The van der Waals surface area contributed by atoms with Gasteiger partial charge in [0.05, 0.1) is 15.8 Å². The number of nitrogens with one attached hydrogen (secondary N) is 1. The maximum atomic E-state index is 12.8. The number of non-ortho nitro benzene ring substituents is 1. The van der Waals surface area contributed by atoms with Crippen molar-refractivity contribution in [3.63, 3.8) is 0 Å². The molecule has 9 heteroatoms. The van der Waals surface area contributed by atoms with Gasteiger partial charge in [0.25, 0.3) is 17.2 Å². The highest BCUT2D eigenvalue weighted by molar-refractivity contribution is 5.92. The highest BCUT2D eigenvalue weighted by Crippen LogP contribution is 2.21. The molecular formula is C19H17N5O4. The summed E-state index contributed by atoms with van der Waals surface area (Å²) in [5.41, 5.74) is 1.07. The molecule has 0 saturated carbocycles. The molecule has 4 rings (SSSR count). The molecule has 9 nitrogen and oxygen atoms in total. The minimum atomic E-state index is -0.433. The SMILES string of the molecule is O=C(c1nc2ccccc2c(=O)[nH]1)N1CCN(c2ccc([N+](=O)[O-])cc2)CC1. The molecule has 1 saturated heterocycles. The van der Waals surface area contributed by atoms with Crippen LogP contribution in [-0.2, 0) is 0 Å². The minimum absolute atomic E-state index is 0.0347. The zero-order chi connectivity index (χ0) is 19.7. The lowest BCUT2D eigenvalue weighted by Crippen LogP contribution is -2.49. The zero-order valence-electron chi connectivity index (χ0n) is 14.9. The number of H-pyrrole nitrogens is 1. The van der Waals surface area contributed by atoms with Gasteiger partial charge in [-0.25, -0.2) is 4.98 Å². The Bertz CT molecular complexity index is 1100. The van der Waals surface area contributed by atoms with E-state index in [1.807, 2.05) is 0 Å². The van der Waals surface area contributed by atoms with Gasteiger partial charge in [-0.15, -0.1) is 0 Å². The van der Waals surface area contributed by atoms with E-state index >= 15 is 0 Å². The first-order chi connectivity index (χ1) is 13.5. The summed E-state index contributed by atoms with van der Waals surface area (Å²) >= 11 is 0. The summed E-state index contributed by atoms with van der Waals surface area (Å²) in [5.74, 6) is -0.279. The summed E-state index contributed by atoms with van der Waals surface area (Å²) in [4.78, 5) is 45.8. The van der Waals surface area contributed by atoms with Gasteiger partial charge in [-0.2, -0.15) is 0 Å². The lowest BCUT2D eigenvalue weighted by atomic mass is 10.2. The molecule has 0 unspecified atom stereocenters. The second kappa shape index (κ2) is 7.10. The van der Waals surface area contributed by atoms with Gasteiger partial charge in [-0.1, -0.05) is 12.1 Å². The monoisotopic (exact) mass is 379 g/mol. The highest BCUT2D eigenvalue weighted by atomic mass is 16.6. The van der Waals surface area contributed by atoms with Crippen molar-refractivity contribution in [2.75, 3.05) is 31.1 Å². The number of nitrogens with zero attached hydrogens (tertiary/aromatic N) is 4. The molecule has 3 aromatic rings. The number of piperazine rings is 1. The van der Waals surface area contributed by atoms with Crippen molar-refractivity contribution in [3.8, 4) is 0 Å². The average molecular weight is 379 g/mol. The van der Waals surface area contributed by atoms with Crippen molar-refractivity contribution < 1.29 is 9.72 Å². The van der Waals surface area contributed by atoms with E-state index in [1.54, 1.807) is 41.3 Å². The number of benzene rings is 2. The summed E-state index contributed by atoms with van der Waals surface area (Å²) in [6, 6.07) is 13.2. The van der Waals surface area contributed by atoms with Crippen LogP contribution in [0.25, 0.3) is 10.9 Å². The third-order valence-electron chi connectivity index (χ3n) is 4.81. The Morgan fingerprint density at radius 3 is 2.39 bits per heavy atom. The Morgan fingerprint density at radius 2 is 1.71 bits per heavy atom. The Hall–Kier alpha value is -3.75. The molecule has 1 aliphatic heterocycles. The Morgan fingerprint density at radius 1 is 1.04 bits per heavy atom. The first kappa shape index (κ1) is 17.7. The Labute approximate surface area is 159 Å². The second-order valence-electron chi connectivity index (χ2n) is 6.48. The number of hydrogen-bond acceptors (Lipinski definition) is 6. The van der Waals surface area contributed by atoms with Crippen molar-refractivity contribution in [2.45, 2.75) is 0 Å². The third-order valence-corrected chi connectivity index (χ3v) is 4.81. The molecular weight excluding hydrogens is 362 g/mol. The second-order valence-corrected chi connectivity index (χ2v) is 6.48. The largest absolute Gasteiger partial charge is 0.368 e. The number of anilines is 1. The molecule has 0 radical (unpaired) electrons. The minimum Gasteiger partial charge on any atom is -0.368 e. The van der Waals surface area contributed by atoms with Crippen LogP contribution in [0.15, 0.2) is 53.3 Å². The van der Waals surface area contributed by atoms with E-state index in [4.69, 9.17) is 0 Å². The van der Waals surface area contributed by atoms with Gasteiger partial charge in [0.1, 0.15) is 0 Å². The van der Waals surface area contributed by atoms with Crippen LogP contribution in [0.3, 0.4) is 0 Å². The number of carbonyl (C=O) groups is 1. The van der Waals surface area contributed by atoms with Crippen molar-refractivity contribution >= 4 is 28.2 Å². The number of aromatic amines is 1. The number of nitro groups is 1. The van der Waals surface area contributed by atoms with Gasteiger partial charge in [0, 0.05) is 44.0 Å². The van der Waals surface area contributed by atoms with Crippen molar-refractivity contribution in [1.29, 1.82) is 0 Å². The van der Waals surface area contributed by atoms with Gasteiger partial charge in [0.2, 0.25) is 0 Å². The molecule has 1 aromatic heterocycles. The van der Waals surface area contributed by atoms with Crippen LogP contribution in [0.4, 0.5) is 11.4 Å². The fourth-order valence-corrected chi connectivity index (χ4v) is 3.29. The van der Waals surface area contributed by atoms with Crippen molar-refractivity contribution in [3.05, 3.63) is 74.8 Å². The van der Waals surface area contributed by atoms with E-state index in [1.165, 1.54) is 12.1 Å². The van der Waals surface area contributed by atoms with E-state index in [9.17, 15) is 19.7 Å². The summed E-state index contributed by atoms with van der Waals surface area (Å²) in [6.07, 6.45) is 0. The Balaban J connectivity index is 1.47. The van der Waals surface area contributed by atoms with Gasteiger partial charge in [-0.3, -0.25) is 19.7 Å². The lowest BCUT2D eigenvalue weighted by Gasteiger charge is -2.35. The topological polar surface area (TPSA) is 112 Å². The van der Waals surface area contributed by atoms with Crippen molar-refractivity contribution in [2.24, 2.45) is 0 Å². The van der Waals surface area contributed by atoms with Crippen LogP contribution in [0.5, 0.6) is 0 Å². The van der Waals surface area contributed by atoms with Gasteiger partial charge in [0.15, 0.2) is 5.82 Å². The number of nitro benzene ring substituents is 1. The molecule has 0 atom stereocenters. The van der Waals surface area contributed by atoms with E-state index in [-0.39, 0.29) is 23.0 Å². The maximum Gasteiger partial charge on any atom is 0.289 e. The molecule has 0 bridgehead atoms. The molecule has 2 aromatic carbocycles. The fraction of sp³-hybridized carbons (Fsp3) is 0.211. The number of aromatic nitrogens is 2. The molecule has 1 N–H and O–H groups in total. The van der Waals surface area contributed by atoms with E-state index in [0.717, 1.165) is 5.69 Å². The molecule has 2 heterocycles. The van der Waals surface area contributed by atoms with E-state index in [0.29, 0.717) is 37.1 Å². The number of hydrogen-bond donors (Lipinski definition) is 1. The van der Waals surface area contributed by atoms with Gasteiger partial charge < -0.3 is 14.8 Å². The first-order valence-electron chi connectivity index (χ1n) is 8.81. The normalized spacial score (nSPS) is 14.3. The fourth-order valence-electron chi connectivity index (χ4n) is 3.29. The zero-order valence-corrected chi connectivity index (χ0v) is 14.9. The molecule has 1 aliphatic rings. The van der Waals surface area contributed by atoms with Crippen molar-refractivity contribution in [1.82, 2.24) is 14.9 Å². The number of carbonyl (C=O) groups excluding carboxylic acids is 1. The molecule has 0 spiro atoms. The molecule has 1 fully saturated rings. The summed E-state index contributed by atoms with van der Waals surface area (Å²) in [5, 5.41) is 11.2. The summed E-state index contributed by atoms with van der Waals surface area (Å²) in [6.45, 7) is 2.10. The molecule has 142 valence electrons. The Kier molecular flexibility index (Phi) is 4.48. The van der Waals surface area contributed by atoms with E-state index < -0.39 is 4.92 Å². The average Bonchev–Trinajstić information content (AvgIpc) is 2.73. The third kappa shape index (κ3) is 3.29. The van der Waals surface area contributed by atoms with Crippen LogP contribution in [0.1, 0.15) is 10.6 Å². The van der Waals surface area contributed by atoms with Gasteiger partial charge >= 0.3 is 0 Å². The number of para-hydroxylation sites is 1. The summed E-state index contributed by atoms with van der Waals surface area (Å²) in [7, 11) is 0. The van der Waals surface area contributed by atoms with Gasteiger partial charge in [-0.05, 0) is 24.3 Å². The summed E-state index contributed by atoms with van der Waals surface area (Å²) < 4.78 is 0. The van der Waals surface area contributed by atoms with Crippen LogP contribution >= 0.6 is 0 Å². The van der Waals surface area contributed by atoms with E-state index in [2.05, 4.69) is 14.9 Å². The van der Waals surface area contributed by atoms with Crippen LogP contribution in [0, 0.1) is 10.1 Å². The maximum absolute atomic E-state index is 12.8. The molecule has 0 aliphatic carbocycles. The predicted molar refractivity (Wildman–Crippen MR) is 104 cm³/mol. The number of rotatable bonds is 3. The number of fused-ring (bicyclic) bond motifs is 1. The smallest absolute Gasteiger partial charge is 0.289 e. The van der Waals surface area contributed by atoms with Crippen LogP contribution < -0.4 is 10.5 Å². The van der Waals surface area contributed by atoms with Crippen LogP contribution in [-0.4, -0.2) is 51.9 Å². The molecule has 1 amide bonds. The highest BCUT2D eigenvalue weighted by Gasteiger charge is 2.24. The lowest BCUT2D eigenvalue weighted by molar-refractivity contribution is -0.384.